The lowest BCUT2D eigenvalue weighted by Gasteiger charge is -2.05. The number of hydrogen-bond acceptors (Lipinski definition) is 3. The summed E-state index contributed by atoms with van der Waals surface area (Å²) in [4.78, 5) is 0. The van der Waals surface area contributed by atoms with Crippen LogP contribution in [0, 0.1) is 17.8 Å². The van der Waals surface area contributed by atoms with Crippen molar-refractivity contribution in [1.82, 2.24) is 0 Å². The average molecular weight is 552 g/mol. The molecule has 0 radical (unpaired) electrons. The molecule has 0 aliphatic heterocycles. The van der Waals surface area contributed by atoms with Crippen molar-refractivity contribution in [3.8, 4) is 0 Å². The summed E-state index contributed by atoms with van der Waals surface area (Å²) in [7, 11) is 0. The van der Waals surface area contributed by atoms with Gasteiger partial charge in [-0.2, -0.15) is 0 Å². The molecule has 0 unspecified atom stereocenters. The van der Waals surface area contributed by atoms with E-state index in [9.17, 15) is 4.39 Å². The minimum Gasteiger partial charge on any atom is -0.381 e. The van der Waals surface area contributed by atoms with E-state index in [1.807, 2.05) is 0 Å². The predicted molar refractivity (Wildman–Crippen MR) is 172 cm³/mol. The fourth-order valence-corrected chi connectivity index (χ4v) is 2.66. The van der Waals surface area contributed by atoms with Gasteiger partial charge in [0.05, 0.1) is 18.9 Å². The van der Waals surface area contributed by atoms with Gasteiger partial charge < -0.3 is 14.2 Å². The first-order valence-corrected chi connectivity index (χ1v) is 16.2. The molecular formula is C34H77FO3. The Kier molecular flexibility index (Phi) is 54.9. The molecule has 0 aromatic rings. The maximum Gasteiger partial charge on any atom is 0.0894 e. The highest BCUT2D eigenvalue weighted by Gasteiger charge is 1.92. The Hall–Kier alpha value is -0.190. The van der Waals surface area contributed by atoms with Crippen molar-refractivity contribution in [2.45, 2.75) is 173 Å². The lowest BCUT2D eigenvalue weighted by molar-refractivity contribution is 0.0759. The number of hydrogen-bond donors (Lipinski definition) is 0. The first-order valence-electron chi connectivity index (χ1n) is 16.2. The first-order chi connectivity index (χ1) is 17.9. The minimum absolute atomic E-state index is 0.155. The van der Waals surface area contributed by atoms with Crippen molar-refractivity contribution >= 4 is 0 Å². The summed E-state index contributed by atoms with van der Waals surface area (Å²) in [6, 6.07) is 0. The van der Waals surface area contributed by atoms with Gasteiger partial charge in [0.2, 0.25) is 0 Å². The van der Waals surface area contributed by atoms with Crippen molar-refractivity contribution in [2.75, 3.05) is 33.1 Å². The number of halogens is 1. The Labute approximate surface area is 242 Å². The Balaban J connectivity index is -0.000000120. The summed E-state index contributed by atoms with van der Waals surface area (Å²) >= 11 is 0. The van der Waals surface area contributed by atoms with Gasteiger partial charge in [0, 0.05) is 26.4 Å². The lowest BCUT2D eigenvalue weighted by atomic mass is 10.1. The largest absolute Gasteiger partial charge is 0.381 e. The van der Waals surface area contributed by atoms with Gasteiger partial charge in [0.25, 0.3) is 0 Å². The van der Waals surface area contributed by atoms with Crippen LogP contribution in [0.4, 0.5) is 4.39 Å². The van der Waals surface area contributed by atoms with Crippen molar-refractivity contribution < 1.29 is 18.6 Å². The van der Waals surface area contributed by atoms with Gasteiger partial charge in [0.15, 0.2) is 0 Å². The van der Waals surface area contributed by atoms with E-state index >= 15 is 0 Å². The van der Waals surface area contributed by atoms with Crippen LogP contribution in [-0.2, 0) is 14.2 Å². The molecule has 0 rings (SSSR count). The second-order valence-electron chi connectivity index (χ2n) is 11.8. The van der Waals surface area contributed by atoms with E-state index in [2.05, 4.69) is 96.9 Å². The zero-order valence-corrected chi connectivity index (χ0v) is 29.1. The smallest absolute Gasteiger partial charge is 0.0894 e. The zero-order valence-electron chi connectivity index (χ0n) is 29.1. The zero-order chi connectivity index (χ0) is 30.6. The Bertz CT molecular complexity index is 331. The van der Waals surface area contributed by atoms with Gasteiger partial charge in [-0.15, -0.1) is 0 Å². The number of unbranched alkanes of at least 4 members (excludes halogenated alkanes) is 3. The number of alkyl halides is 1. The van der Waals surface area contributed by atoms with E-state index in [0.717, 1.165) is 51.6 Å². The maximum absolute atomic E-state index is 11.4. The molecule has 0 fully saturated rings. The van der Waals surface area contributed by atoms with E-state index in [1.165, 1.54) is 44.9 Å². The predicted octanol–water partition coefficient (Wildman–Crippen LogP) is 11.7. The summed E-state index contributed by atoms with van der Waals surface area (Å²) in [5, 5.41) is 0. The Morgan fingerprint density at radius 1 is 0.474 bits per heavy atom. The molecule has 3 nitrogen and oxygen atoms in total. The molecule has 0 aromatic carbocycles. The number of rotatable bonds is 18. The van der Waals surface area contributed by atoms with Crippen LogP contribution in [0.15, 0.2) is 0 Å². The average Bonchev–Trinajstić information content (AvgIpc) is 2.82. The van der Waals surface area contributed by atoms with Crippen LogP contribution < -0.4 is 0 Å². The Morgan fingerprint density at radius 3 is 1.21 bits per heavy atom. The van der Waals surface area contributed by atoms with Crippen LogP contribution in [0.2, 0.25) is 0 Å². The van der Waals surface area contributed by atoms with E-state index in [4.69, 9.17) is 14.2 Å². The molecule has 0 bridgehead atoms. The molecule has 0 aliphatic rings. The second kappa shape index (κ2) is 43.8. The first kappa shape index (κ1) is 47.6. The molecule has 238 valence electrons. The van der Waals surface area contributed by atoms with Crippen LogP contribution >= 0.6 is 0 Å². The minimum atomic E-state index is -0.155. The Morgan fingerprint density at radius 2 is 0.947 bits per heavy atom. The van der Waals surface area contributed by atoms with Gasteiger partial charge in [-0.3, -0.25) is 4.39 Å². The molecule has 0 N–H and O–H groups in total. The van der Waals surface area contributed by atoms with Gasteiger partial charge in [0.1, 0.15) is 0 Å². The van der Waals surface area contributed by atoms with Crippen LogP contribution in [0.3, 0.4) is 0 Å². The quantitative estimate of drug-likeness (QED) is 0.159. The van der Waals surface area contributed by atoms with Gasteiger partial charge in [-0.1, -0.05) is 101 Å². The van der Waals surface area contributed by atoms with Crippen LogP contribution in [0.25, 0.3) is 0 Å². The molecule has 38 heavy (non-hydrogen) atoms. The highest BCUT2D eigenvalue weighted by molar-refractivity contribution is 4.43. The molecule has 0 saturated heterocycles. The summed E-state index contributed by atoms with van der Waals surface area (Å²) in [5.74, 6) is 2.24. The van der Waals surface area contributed by atoms with Crippen LogP contribution in [0.1, 0.15) is 161 Å². The third-order valence-corrected chi connectivity index (χ3v) is 4.73. The molecule has 0 heterocycles. The fourth-order valence-electron chi connectivity index (χ4n) is 2.66. The SMILES string of the molecule is CC(C)CCC[18F].CCCC(C)C.CCCCCOC(C)C.CCCCOC(C)C.CCCOCC(C)C. The van der Waals surface area contributed by atoms with Crippen molar-refractivity contribution in [3.63, 3.8) is 0 Å². The standard InChI is InChI=1S/C8H18O.2C7H16O.C6H13F.C6H14/c1-4-5-6-7-9-8(2)3;1-4-5-8-6-7(2)3;1-4-5-6-8-7(2)3;1-6(2)4-3-5-7;1-4-5-6(2)3/h8H,4-7H2,1-3H3;2*7H,4-6H2,1-3H3;6H,3-5H2,1-2H3;6H,4-5H2,1-3H3/i;;;7-1;. The maximum atomic E-state index is 11.4. The summed E-state index contributed by atoms with van der Waals surface area (Å²) in [6.07, 6.45) is 12.6. The molecular weight excluding hydrogens is 474 g/mol. The summed E-state index contributed by atoms with van der Waals surface area (Å²) in [5.41, 5.74) is 0. The molecule has 0 aromatic heterocycles. The number of ether oxygens (including phenoxy) is 3. The van der Waals surface area contributed by atoms with Gasteiger partial charge in [-0.25, -0.2) is 0 Å². The lowest BCUT2D eigenvalue weighted by Crippen LogP contribution is -2.03. The summed E-state index contributed by atoms with van der Waals surface area (Å²) < 4.78 is 27.2. The van der Waals surface area contributed by atoms with Gasteiger partial charge in [-0.05, 0) is 77.6 Å². The van der Waals surface area contributed by atoms with Crippen molar-refractivity contribution in [3.05, 3.63) is 0 Å². The van der Waals surface area contributed by atoms with Gasteiger partial charge >= 0.3 is 0 Å². The third kappa shape index (κ3) is 83.4. The van der Waals surface area contributed by atoms with E-state index in [0.29, 0.717) is 24.0 Å². The third-order valence-electron chi connectivity index (χ3n) is 4.73. The molecule has 0 spiro atoms. The molecule has 0 amide bonds. The van der Waals surface area contributed by atoms with Crippen LogP contribution in [-0.4, -0.2) is 45.3 Å². The monoisotopic (exact) mass is 552 g/mol. The molecule has 0 atom stereocenters. The highest BCUT2D eigenvalue weighted by Crippen LogP contribution is 2.02. The highest BCUT2D eigenvalue weighted by atomic mass is 18.2. The molecule has 0 aliphatic carbocycles. The topological polar surface area (TPSA) is 27.7 Å². The van der Waals surface area contributed by atoms with Crippen molar-refractivity contribution in [1.29, 1.82) is 0 Å². The summed E-state index contributed by atoms with van der Waals surface area (Å²) in [6.45, 7) is 33.6. The van der Waals surface area contributed by atoms with E-state index < -0.39 is 0 Å². The normalized spacial score (nSPS) is 10.4. The fraction of sp³-hybridized carbons (Fsp3) is 1.00. The second-order valence-corrected chi connectivity index (χ2v) is 11.8. The van der Waals surface area contributed by atoms with Crippen molar-refractivity contribution in [2.24, 2.45) is 17.8 Å². The molecule has 4 heteroatoms. The van der Waals surface area contributed by atoms with E-state index in [-0.39, 0.29) is 6.67 Å². The van der Waals surface area contributed by atoms with Crippen LogP contribution in [0.5, 0.6) is 0 Å². The molecule has 0 saturated carbocycles. The van der Waals surface area contributed by atoms with E-state index in [1.54, 1.807) is 0 Å².